The molecule has 8 heteroatoms. The average Bonchev–Trinajstić information content (AvgIpc) is 2.61. The van der Waals surface area contributed by atoms with E-state index in [9.17, 15) is 9.59 Å². The summed E-state index contributed by atoms with van der Waals surface area (Å²) in [5, 5.41) is 8.82. The lowest BCUT2D eigenvalue weighted by atomic mass is 9.94. The van der Waals surface area contributed by atoms with Gasteiger partial charge in [0.1, 0.15) is 0 Å². The van der Waals surface area contributed by atoms with E-state index in [0.29, 0.717) is 23.0 Å². The van der Waals surface area contributed by atoms with Gasteiger partial charge in [-0.2, -0.15) is 0 Å². The van der Waals surface area contributed by atoms with Crippen LogP contribution in [-0.2, 0) is 4.79 Å². The third-order valence-electron chi connectivity index (χ3n) is 4.21. The highest BCUT2D eigenvalue weighted by Crippen LogP contribution is 2.28. The summed E-state index contributed by atoms with van der Waals surface area (Å²) >= 11 is 0. The van der Waals surface area contributed by atoms with E-state index >= 15 is 0 Å². The molecule has 7 nitrogen and oxygen atoms in total. The Morgan fingerprint density at radius 3 is 2.72 bits per heavy atom. The van der Waals surface area contributed by atoms with Gasteiger partial charge in [0.2, 0.25) is 0 Å². The predicted octanol–water partition coefficient (Wildman–Crippen LogP) is 0.970. The van der Waals surface area contributed by atoms with E-state index in [-0.39, 0.29) is 36.9 Å². The largest absolute Gasteiger partial charge is 0.493 e. The zero-order valence-corrected chi connectivity index (χ0v) is 15.6. The molecule has 0 aliphatic carbocycles. The maximum atomic E-state index is 12.5. The molecule has 0 radical (unpaired) electrons. The zero-order chi connectivity index (χ0) is 17.5. The van der Waals surface area contributed by atoms with Crippen LogP contribution < -0.4 is 25.4 Å². The Hall–Kier alpha value is -1.99. The number of halogens is 1. The fourth-order valence-corrected chi connectivity index (χ4v) is 2.58. The normalized spacial score (nSPS) is 19.3. The van der Waals surface area contributed by atoms with Crippen LogP contribution in [0.25, 0.3) is 0 Å². The lowest BCUT2D eigenvalue weighted by Crippen LogP contribution is -2.50. The lowest BCUT2D eigenvalue weighted by molar-refractivity contribution is -0.122. The number of methoxy groups -OCH3 is 1. The van der Waals surface area contributed by atoms with Crippen LogP contribution in [0.4, 0.5) is 0 Å². The third kappa shape index (κ3) is 5.79. The fraction of sp³-hybridized carbons (Fsp3) is 0.529. The van der Waals surface area contributed by atoms with E-state index in [1.165, 1.54) is 14.2 Å². The summed E-state index contributed by atoms with van der Waals surface area (Å²) in [4.78, 5) is 23.7. The molecule has 0 spiro atoms. The van der Waals surface area contributed by atoms with Gasteiger partial charge in [0.15, 0.2) is 18.1 Å². The van der Waals surface area contributed by atoms with Crippen molar-refractivity contribution in [1.82, 2.24) is 16.0 Å². The summed E-state index contributed by atoms with van der Waals surface area (Å²) in [5.74, 6) is 0.892. The minimum atomic E-state index is -0.238. The van der Waals surface area contributed by atoms with Crippen molar-refractivity contribution < 1.29 is 19.1 Å². The number of piperidine rings is 1. The lowest BCUT2D eigenvalue weighted by Gasteiger charge is -2.30. The van der Waals surface area contributed by atoms with Crippen LogP contribution in [0.15, 0.2) is 18.2 Å². The van der Waals surface area contributed by atoms with E-state index in [2.05, 4.69) is 22.9 Å². The molecule has 2 atom stereocenters. The Labute approximate surface area is 154 Å². The molecule has 140 valence electrons. The fourth-order valence-electron chi connectivity index (χ4n) is 2.58. The van der Waals surface area contributed by atoms with Crippen molar-refractivity contribution in [2.45, 2.75) is 19.4 Å². The van der Waals surface area contributed by atoms with Crippen molar-refractivity contribution in [3.8, 4) is 11.5 Å². The van der Waals surface area contributed by atoms with Crippen molar-refractivity contribution in [2.24, 2.45) is 5.92 Å². The summed E-state index contributed by atoms with van der Waals surface area (Å²) < 4.78 is 10.7. The van der Waals surface area contributed by atoms with Gasteiger partial charge in [-0.15, -0.1) is 12.4 Å². The van der Waals surface area contributed by atoms with Gasteiger partial charge < -0.3 is 25.4 Å². The second kappa shape index (κ2) is 10.1. The molecule has 2 rings (SSSR count). The molecule has 1 aliphatic rings. The van der Waals surface area contributed by atoms with E-state index in [1.807, 2.05) is 0 Å². The molecule has 1 heterocycles. The molecule has 1 aromatic carbocycles. The van der Waals surface area contributed by atoms with E-state index in [1.54, 1.807) is 18.2 Å². The number of likely N-dealkylation sites (N-methyl/N-ethyl adjacent to an activating group) is 1. The maximum absolute atomic E-state index is 12.5. The number of carbonyl (C=O) groups excluding carboxylic acids is 2. The van der Waals surface area contributed by atoms with Gasteiger partial charge in [0.05, 0.1) is 7.11 Å². The highest BCUT2D eigenvalue weighted by atomic mass is 35.5. The Balaban J connectivity index is 0.00000312. The van der Waals surface area contributed by atoms with Crippen molar-refractivity contribution in [3.05, 3.63) is 23.8 Å². The smallest absolute Gasteiger partial charge is 0.257 e. The molecular formula is C17H26ClN3O4. The average molecular weight is 372 g/mol. The van der Waals surface area contributed by atoms with Crippen molar-refractivity contribution in [1.29, 1.82) is 0 Å². The number of rotatable bonds is 6. The van der Waals surface area contributed by atoms with Crippen LogP contribution in [0, 0.1) is 5.92 Å². The quantitative estimate of drug-likeness (QED) is 0.693. The number of hydrogen-bond donors (Lipinski definition) is 3. The van der Waals surface area contributed by atoms with Crippen molar-refractivity contribution >= 4 is 24.2 Å². The van der Waals surface area contributed by atoms with Gasteiger partial charge in [0, 0.05) is 25.2 Å². The first-order chi connectivity index (χ1) is 11.5. The summed E-state index contributed by atoms with van der Waals surface area (Å²) in [6, 6.07) is 5.04. The molecule has 25 heavy (non-hydrogen) atoms. The molecule has 2 unspecified atom stereocenters. The van der Waals surface area contributed by atoms with Crippen LogP contribution in [0.1, 0.15) is 23.7 Å². The highest BCUT2D eigenvalue weighted by molar-refractivity contribution is 5.95. The predicted molar refractivity (Wildman–Crippen MR) is 97.7 cm³/mol. The van der Waals surface area contributed by atoms with Gasteiger partial charge in [0.25, 0.3) is 11.8 Å². The molecule has 1 saturated heterocycles. The van der Waals surface area contributed by atoms with Crippen LogP contribution >= 0.6 is 12.4 Å². The SMILES string of the molecule is CNC(=O)COc1ccc(C(=O)NC2CNCCC2C)cc1OC.Cl. The molecule has 2 amide bonds. The molecule has 3 N–H and O–H groups in total. The van der Waals surface area contributed by atoms with E-state index in [4.69, 9.17) is 9.47 Å². The molecule has 1 aliphatic heterocycles. The van der Waals surface area contributed by atoms with Crippen LogP contribution in [0.2, 0.25) is 0 Å². The Kier molecular flexibility index (Phi) is 8.51. The van der Waals surface area contributed by atoms with Crippen LogP contribution in [-0.4, -0.2) is 51.7 Å². The van der Waals surface area contributed by atoms with Crippen LogP contribution in [0.5, 0.6) is 11.5 Å². The third-order valence-corrected chi connectivity index (χ3v) is 4.21. The molecule has 0 saturated carbocycles. The van der Waals surface area contributed by atoms with E-state index in [0.717, 1.165) is 19.5 Å². The Morgan fingerprint density at radius 1 is 1.32 bits per heavy atom. The minimum absolute atomic E-state index is 0. The summed E-state index contributed by atoms with van der Waals surface area (Å²) in [6.07, 6.45) is 1.04. The second-order valence-electron chi connectivity index (χ2n) is 5.88. The maximum Gasteiger partial charge on any atom is 0.257 e. The van der Waals surface area contributed by atoms with Crippen molar-refractivity contribution in [3.63, 3.8) is 0 Å². The molecule has 1 aromatic rings. The second-order valence-corrected chi connectivity index (χ2v) is 5.88. The van der Waals surface area contributed by atoms with Crippen molar-refractivity contribution in [2.75, 3.05) is 33.9 Å². The number of benzene rings is 1. The summed E-state index contributed by atoms with van der Waals surface area (Å²) in [7, 11) is 3.04. The molecule has 1 fully saturated rings. The molecule has 0 aromatic heterocycles. The topological polar surface area (TPSA) is 88.7 Å². The first-order valence-corrected chi connectivity index (χ1v) is 8.08. The summed E-state index contributed by atoms with van der Waals surface area (Å²) in [6.45, 7) is 3.79. The standard InChI is InChI=1S/C17H25N3O4.ClH/c1-11-6-7-19-9-13(11)20-17(22)12-4-5-14(15(8-12)23-3)24-10-16(21)18-2;/h4-5,8,11,13,19H,6-7,9-10H2,1-3H3,(H,18,21)(H,20,22);1H. The summed E-state index contributed by atoms with van der Waals surface area (Å²) in [5.41, 5.74) is 0.497. The van der Waals surface area contributed by atoms with Gasteiger partial charge in [-0.25, -0.2) is 0 Å². The minimum Gasteiger partial charge on any atom is -0.493 e. The first kappa shape index (κ1) is 21.1. The highest BCUT2D eigenvalue weighted by Gasteiger charge is 2.23. The number of amides is 2. The molecule has 0 bridgehead atoms. The van der Waals surface area contributed by atoms with E-state index < -0.39 is 0 Å². The van der Waals surface area contributed by atoms with Crippen LogP contribution in [0.3, 0.4) is 0 Å². The monoisotopic (exact) mass is 371 g/mol. The number of carbonyl (C=O) groups is 2. The molecular weight excluding hydrogens is 346 g/mol. The van der Waals surface area contributed by atoms with Gasteiger partial charge >= 0.3 is 0 Å². The zero-order valence-electron chi connectivity index (χ0n) is 14.8. The Bertz CT molecular complexity index is 597. The Morgan fingerprint density at radius 2 is 2.08 bits per heavy atom. The van der Waals surface area contributed by atoms with Gasteiger partial charge in [-0.1, -0.05) is 6.92 Å². The first-order valence-electron chi connectivity index (χ1n) is 8.08. The number of nitrogens with one attached hydrogen (secondary N) is 3. The number of ether oxygens (including phenoxy) is 2. The number of hydrogen-bond acceptors (Lipinski definition) is 5. The van der Waals surface area contributed by atoms with Gasteiger partial charge in [-0.3, -0.25) is 9.59 Å². The van der Waals surface area contributed by atoms with Gasteiger partial charge in [-0.05, 0) is 37.1 Å².